The van der Waals surface area contributed by atoms with Gasteiger partial charge in [-0.2, -0.15) is 0 Å². The van der Waals surface area contributed by atoms with Crippen molar-refractivity contribution in [1.82, 2.24) is 0 Å². The lowest BCUT2D eigenvalue weighted by molar-refractivity contribution is 0.466. The Morgan fingerprint density at radius 2 is 0.860 bits per heavy atom. The molecule has 3 heteroatoms. The Bertz CT molecular complexity index is 1460. The fraction of sp³-hybridized carbons (Fsp3) is 0.400. The van der Waals surface area contributed by atoms with Crippen LogP contribution in [0.3, 0.4) is 0 Å². The van der Waals surface area contributed by atoms with Gasteiger partial charge in [0.2, 0.25) is 0 Å². The predicted octanol–water partition coefficient (Wildman–Crippen LogP) is 11.6. The van der Waals surface area contributed by atoms with Crippen LogP contribution in [0.2, 0.25) is 0 Å². The molecule has 0 aliphatic heterocycles. The third-order valence-corrected chi connectivity index (χ3v) is 9.26. The maximum absolute atomic E-state index is 7.03. The molecule has 0 saturated carbocycles. The van der Waals surface area contributed by atoms with Crippen LogP contribution in [0.25, 0.3) is 11.1 Å². The molecule has 0 aliphatic rings. The summed E-state index contributed by atoms with van der Waals surface area (Å²) in [7, 11) is -1.52. The van der Waals surface area contributed by atoms with Crippen molar-refractivity contribution in [3.05, 3.63) is 113 Å². The minimum absolute atomic E-state index is 0.0419. The van der Waals surface area contributed by atoms with Crippen LogP contribution >= 0.6 is 8.38 Å². The molecule has 0 heterocycles. The molecule has 0 spiro atoms. The Morgan fingerprint density at radius 1 is 0.419 bits per heavy atom. The molecule has 228 valence electrons. The zero-order valence-electron chi connectivity index (χ0n) is 28.4. The molecular formula is C40H51O2P. The quantitative estimate of drug-likeness (QED) is 0.207. The molecule has 0 radical (unpaired) electrons. The first-order valence-corrected chi connectivity index (χ1v) is 16.6. The van der Waals surface area contributed by atoms with Gasteiger partial charge in [0.05, 0.1) is 5.30 Å². The molecule has 4 aromatic rings. The van der Waals surface area contributed by atoms with Gasteiger partial charge in [0.25, 0.3) is 0 Å². The van der Waals surface area contributed by atoms with Gasteiger partial charge in [0, 0.05) is 11.1 Å². The molecule has 0 amide bonds. The molecule has 0 bridgehead atoms. The molecule has 0 N–H and O–H groups in total. The number of hydrogen-bond donors (Lipinski definition) is 0. The van der Waals surface area contributed by atoms with Crippen molar-refractivity contribution in [1.29, 1.82) is 0 Å². The average Bonchev–Trinajstić information content (AvgIpc) is 2.91. The third-order valence-electron chi connectivity index (χ3n) is 7.83. The highest BCUT2D eigenvalue weighted by Gasteiger charge is 2.29. The van der Waals surface area contributed by atoms with Crippen LogP contribution in [0.1, 0.15) is 105 Å². The van der Waals surface area contributed by atoms with Crippen molar-refractivity contribution < 1.29 is 9.05 Å². The number of rotatable bonds is 6. The van der Waals surface area contributed by atoms with E-state index in [9.17, 15) is 0 Å². The van der Waals surface area contributed by atoms with Gasteiger partial charge in [-0.15, -0.1) is 0 Å². The van der Waals surface area contributed by atoms with Gasteiger partial charge < -0.3 is 9.05 Å². The van der Waals surface area contributed by atoms with Crippen LogP contribution in [0.5, 0.6) is 11.5 Å². The zero-order valence-corrected chi connectivity index (χ0v) is 29.3. The molecule has 2 nitrogen and oxygen atoms in total. The van der Waals surface area contributed by atoms with E-state index in [-0.39, 0.29) is 21.7 Å². The van der Waals surface area contributed by atoms with Gasteiger partial charge in [-0.25, -0.2) is 0 Å². The van der Waals surface area contributed by atoms with E-state index in [1.807, 2.05) is 0 Å². The first kappa shape index (κ1) is 32.8. The van der Waals surface area contributed by atoms with Crippen molar-refractivity contribution in [2.24, 2.45) is 0 Å². The van der Waals surface area contributed by atoms with Gasteiger partial charge in [-0.1, -0.05) is 150 Å². The molecule has 43 heavy (non-hydrogen) atoms. The zero-order chi connectivity index (χ0) is 31.8. The molecule has 0 saturated heterocycles. The fourth-order valence-corrected chi connectivity index (χ4v) is 6.43. The molecule has 4 rings (SSSR count). The Hall–Kier alpha value is -3.09. The van der Waals surface area contributed by atoms with E-state index in [1.165, 1.54) is 27.8 Å². The Kier molecular flexibility index (Phi) is 9.25. The molecule has 0 fully saturated rings. The third kappa shape index (κ3) is 8.10. The summed E-state index contributed by atoms with van der Waals surface area (Å²) in [4.78, 5) is 0. The van der Waals surface area contributed by atoms with Crippen LogP contribution in [0, 0.1) is 0 Å². The summed E-state index contributed by atoms with van der Waals surface area (Å²) in [6, 6.07) is 32.5. The lowest BCUT2D eigenvalue weighted by Crippen LogP contribution is -2.20. The summed E-state index contributed by atoms with van der Waals surface area (Å²) in [6.45, 7) is 27.1. The fourth-order valence-electron chi connectivity index (χ4n) is 5.06. The van der Waals surface area contributed by atoms with Crippen molar-refractivity contribution in [3.8, 4) is 22.6 Å². The molecule has 0 unspecified atom stereocenters. The maximum Gasteiger partial charge on any atom is 0.326 e. The molecule has 0 aliphatic carbocycles. The normalized spacial score (nSPS) is 12.9. The van der Waals surface area contributed by atoms with Gasteiger partial charge in [0.15, 0.2) is 0 Å². The van der Waals surface area contributed by atoms with Crippen molar-refractivity contribution in [2.75, 3.05) is 0 Å². The smallest absolute Gasteiger partial charge is 0.326 e. The summed E-state index contributed by atoms with van der Waals surface area (Å²) >= 11 is 0. The Morgan fingerprint density at radius 3 is 1.28 bits per heavy atom. The first-order chi connectivity index (χ1) is 19.8. The monoisotopic (exact) mass is 594 g/mol. The lowest BCUT2D eigenvalue weighted by Gasteiger charge is -2.30. The van der Waals surface area contributed by atoms with Crippen molar-refractivity contribution in [2.45, 2.75) is 105 Å². The van der Waals surface area contributed by atoms with Crippen LogP contribution in [0.4, 0.5) is 0 Å². The van der Waals surface area contributed by atoms with E-state index in [0.717, 1.165) is 22.4 Å². The summed E-state index contributed by atoms with van der Waals surface area (Å²) in [5.41, 5.74) is 7.18. The van der Waals surface area contributed by atoms with Gasteiger partial charge in [-0.3, -0.25) is 0 Å². The summed E-state index contributed by atoms with van der Waals surface area (Å²) < 4.78 is 14.1. The first-order valence-electron chi connectivity index (χ1n) is 15.5. The maximum atomic E-state index is 7.03. The highest BCUT2D eigenvalue weighted by Crippen LogP contribution is 2.47. The number of benzene rings is 4. The summed E-state index contributed by atoms with van der Waals surface area (Å²) in [5, 5.41) is 1.04. The molecule has 4 aromatic carbocycles. The minimum atomic E-state index is -1.52. The van der Waals surface area contributed by atoms with Crippen molar-refractivity contribution >= 4 is 13.7 Å². The van der Waals surface area contributed by atoms with Crippen LogP contribution in [-0.4, -0.2) is 0 Å². The lowest BCUT2D eigenvalue weighted by atomic mass is 9.80. The minimum Gasteiger partial charge on any atom is -0.435 e. The SMILES string of the molecule is CC(C)(C)c1ccc(OP(Oc2ccc(C(C)(C)C)cc2C(C)(C)C)c2cccc(-c3ccccc3)c2)c(C(C)(C)C)c1. The van der Waals surface area contributed by atoms with Crippen LogP contribution < -0.4 is 14.4 Å². The van der Waals surface area contributed by atoms with E-state index in [4.69, 9.17) is 9.05 Å². The largest absolute Gasteiger partial charge is 0.435 e. The summed E-state index contributed by atoms with van der Waals surface area (Å²) in [5.74, 6) is 1.75. The highest BCUT2D eigenvalue weighted by molar-refractivity contribution is 7.56. The molecule has 0 aromatic heterocycles. The van der Waals surface area contributed by atoms with E-state index < -0.39 is 8.38 Å². The standard InChI is InChI=1S/C40H51O2P/c1-37(2,3)30-21-23-35(33(26-30)39(7,8)9)41-43(32-20-16-19-29(25-32)28-17-14-13-15-18-28)42-36-24-22-31(38(4,5)6)27-34(36)40(10,11)12/h13-27H,1-12H3. The van der Waals surface area contributed by atoms with E-state index >= 15 is 0 Å². The second-order valence-corrected chi connectivity index (χ2v) is 17.2. The van der Waals surface area contributed by atoms with Crippen molar-refractivity contribution in [3.63, 3.8) is 0 Å². The van der Waals surface area contributed by atoms with Gasteiger partial charge >= 0.3 is 8.38 Å². The Labute approximate surface area is 262 Å². The summed E-state index contributed by atoms with van der Waals surface area (Å²) in [6.07, 6.45) is 0. The molecular weight excluding hydrogens is 543 g/mol. The average molecular weight is 595 g/mol. The van der Waals surface area contributed by atoms with Gasteiger partial charge in [-0.05, 0) is 68.2 Å². The van der Waals surface area contributed by atoms with E-state index in [0.29, 0.717) is 0 Å². The highest BCUT2D eigenvalue weighted by atomic mass is 31.2. The van der Waals surface area contributed by atoms with Crippen LogP contribution in [0.15, 0.2) is 91.0 Å². The second-order valence-electron chi connectivity index (χ2n) is 15.8. The van der Waals surface area contributed by atoms with E-state index in [1.54, 1.807) is 0 Å². The Balaban J connectivity index is 1.87. The predicted molar refractivity (Wildman–Crippen MR) is 187 cm³/mol. The van der Waals surface area contributed by atoms with E-state index in [2.05, 4.69) is 174 Å². The molecule has 0 atom stereocenters. The van der Waals surface area contributed by atoms with Crippen LogP contribution in [-0.2, 0) is 21.7 Å². The number of hydrogen-bond acceptors (Lipinski definition) is 2. The van der Waals surface area contributed by atoms with Gasteiger partial charge in [0.1, 0.15) is 11.5 Å². The topological polar surface area (TPSA) is 18.5 Å². The second kappa shape index (κ2) is 12.1.